The number of aromatic nitrogens is 2. The number of nitrogens with zero attached hydrogens (tertiary/aromatic N) is 2. The van der Waals surface area contributed by atoms with Gasteiger partial charge in [-0.05, 0) is 41.1 Å². The third-order valence-electron chi connectivity index (χ3n) is 2.60. The molecule has 0 bridgehead atoms. The van der Waals surface area contributed by atoms with Crippen molar-refractivity contribution in [2.75, 3.05) is 25.6 Å². The topological polar surface area (TPSA) is 39.1 Å². The number of hydrogen-bond acceptors (Lipinski definition) is 3. The molecule has 1 N–H and O–H groups in total. The lowest BCUT2D eigenvalue weighted by atomic mass is 10.3. The number of hydrogen-bond donors (Lipinski definition) is 1. The number of rotatable bonds is 5. The Balaban J connectivity index is 2.29. The zero-order chi connectivity index (χ0) is 13.8. The summed E-state index contributed by atoms with van der Waals surface area (Å²) < 4.78 is 7.88. The van der Waals surface area contributed by atoms with Crippen LogP contribution in [0.15, 0.2) is 28.9 Å². The second kappa shape index (κ2) is 6.41. The third-order valence-corrected chi connectivity index (χ3v) is 3.81. The van der Waals surface area contributed by atoms with Crippen molar-refractivity contribution in [1.29, 1.82) is 0 Å². The Morgan fingerprint density at radius 1 is 1.47 bits per heavy atom. The molecule has 0 aliphatic heterocycles. The molecule has 1 heterocycles. The van der Waals surface area contributed by atoms with Gasteiger partial charge in [0.05, 0.1) is 17.3 Å². The van der Waals surface area contributed by atoms with E-state index in [0.29, 0.717) is 18.2 Å². The summed E-state index contributed by atoms with van der Waals surface area (Å²) in [6.45, 7) is 3.31. The number of ether oxygens (including phenoxy) is 1. The Morgan fingerprint density at radius 2 is 2.26 bits per heavy atom. The van der Waals surface area contributed by atoms with E-state index in [1.54, 1.807) is 7.11 Å². The number of imidazole rings is 1. The number of anilines is 1. The molecule has 1 aromatic heterocycles. The van der Waals surface area contributed by atoms with Crippen molar-refractivity contribution in [2.24, 2.45) is 0 Å². The zero-order valence-corrected chi connectivity index (χ0v) is 13.1. The number of methoxy groups -OCH3 is 1. The van der Waals surface area contributed by atoms with Crippen LogP contribution in [0.25, 0.3) is 5.69 Å². The van der Waals surface area contributed by atoms with Gasteiger partial charge in [0.1, 0.15) is 0 Å². The number of nitrogens with one attached hydrogen (secondary N) is 1. The fraction of sp³-hybridized carbons (Fsp3) is 0.308. The molecule has 4 nitrogen and oxygen atoms in total. The van der Waals surface area contributed by atoms with Gasteiger partial charge in [0, 0.05) is 30.0 Å². The Kier molecular flexibility index (Phi) is 4.85. The van der Waals surface area contributed by atoms with Crippen LogP contribution in [0.5, 0.6) is 0 Å². The molecular weight excluding hydrogens is 330 g/mol. The summed E-state index contributed by atoms with van der Waals surface area (Å²) in [5.74, 6) is 0.795. The van der Waals surface area contributed by atoms with Crippen molar-refractivity contribution >= 4 is 33.5 Å². The molecule has 102 valence electrons. The summed E-state index contributed by atoms with van der Waals surface area (Å²) >= 11 is 9.44. The van der Waals surface area contributed by atoms with E-state index in [2.05, 4.69) is 26.2 Å². The molecule has 6 heteroatoms. The molecule has 2 aromatic rings. The third kappa shape index (κ3) is 3.49. The van der Waals surface area contributed by atoms with Gasteiger partial charge in [-0.25, -0.2) is 4.98 Å². The van der Waals surface area contributed by atoms with E-state index in [4.69, 9.17) is 16.3 Å². The summed E-state index contributed by atoms with van der Waals surface area (Å²) in [5.41, 5.74) is 1.95. The lowest BCUT2D eigenvalue weighted by Crippen LogP contribution is -2.11. The molecule has 0 atom stereocenters. The largest absolute Gasteiger partial charge is 0.383 e. The molecule has 0 fully saturated rings. The minimum atomic E-state index is 0.635. The lowest BCUT2D eigenvalue weighted by molar-refractivity contribution is 0.210. The van der Waals surface area contributed by atoms with E-state index in [1.807, 2.05) is 35.9 Å². The minimum absolute atomic E-state index is 0.635. The average Bonchev–Trinajstić information content (AvgIpc) is 2.74. The second-order valence-electron chi connectivity index (χ2n) is 4.09. The predicted octanol–water partition coefficient (Wildman–Crippen LogP) is 3.65. The molecule has 0 saturated heterocycles. The highest BCUT2D eigenvalue weighted by molar-refractivity contribution is 9.10. The second-order valence-corrected chi connectivity index (χ2v) is 5.36. The molecule has 0 aliphatic carbocycles. The van der Waals surface area contributed by atoms with Crippen molar-refractivity contribution in [3.8, 4) is 5.69 Å². The molecular formula is C13H15BrClN3O. The standard InChI is InChI=1S/C13H15BrClN3O/c1-9-8-18(13(17-9)16-5-6-19-2)10-3-4-12(15)11(14)7-10/h3-4,7-8H,5-6H2,1-2H3,(H,16,17). The van der Waals surface area contributed by atoms with Crippen LogP contribution in [0, 0.1) is 6.92 Å². The van der Waals surface area contributed by atoms with Crippen LogP contribution in [0.3, 0.4) is 0 Å². The Hall–Kier alpha value is -1.04. The Morgan fingerprint density at radius 3 is 2.95 bits per heavy atom. The smallest absolute Gasteiger partial charge is 0.207 e. The van der Waals surface area contributed by atoms with Gasteiger partial charge in [0.2, 0.25) is 5.95 Å². The van der Waals surface area contributed by atoms with Crippen molar-refractivity contribution in [1.82, 2.24) is 9.55 Å². The van der Waals surface area contributed by atoms with Gasteiger partial charge in [-0.3, -0.25) is 4.57 Å². The predicted molar refractivity (Wildman–Crippen MR) is 81.4 cm³/mol. The van der Waals surface area contributed by atoms with Crippen LogP contribution in [-0.2, 0) is 4.74 Å². The summed E-state index contributed by atoms with van der Waals surface area (Å²) in [4.78, 5) is 4.46. The molecule has 1 aromatic carbocycles. The summed E-state index contributed by atoms with van der Waals surface area (Å²) in [6, 6.07) is 5.77. The van der Waals surface area contributed by atoms with Crippen LogP contribution in [0.2, 0.25) is 5.02 Å². The first kappa shape index (κ1) is 14.4. The van der Waals surface area contributed by atoms with Gasteiger partial charge < -0.3 is 10.1 Å². The van der Waals surface area contributed by atoms with Gasteiger partial charge in [-0.1, -0.05) is 11.6 Å². The molecule has 0 unspecified atom stereocenters. The monoisotopic (exact) mass is 343 g/mol. The highest BCUT2D eigenvalue weighted by atomic mass is 79.9. The quantitative estimate of drug-likeness (QED) is 0.841. The average molecular weight is 345 g/mol. The summed E-state index contributed by atoms with van der Waals surface area (Å²) in [5, 5.41) is 3.94. The highest BCUT2D eigenvalue weighted by Gasteiger charge is 2.08. The van der Waals surface area contributed by atoms with Crippen LogP contribution in [-0.4, -0.2) is 29.8 Å². The molecule has 0 radical (unpaired) electrons. The van der Waals surface area contributed by atoms with Gasteiger partial charge in [0.25, 0.3) is 0 Å². The van der Waals surface area contributed by atoms with Crippen molar-refractivity contribution in [3.63, 3.8) is 0 Å². The van der Waals surface area contributed by atoms with E-state index in [-0.39, 0.29) is 0 Å². The fourth-order valence-corrected chi connectivity index (χ4v) is 2.20. The van der Waals surface area contributed by atoms with Crippen molar-refractivity contribution < 1.29 is 4.74 Å². The minimum Gasteiger partial charge on any atom is -0.383 e. The van der Waals surface area contributed by atoms with Gasteiger partial charge in [-0.15, -0.1) is 0 Å². The van der Waals surface area contributed by atoms with Crippen LogP contribution in [0.4, 0.5) is 5.95 Å². The van der Waals surface area contributed by atoms with Gasteiger partial charge >= 0.3 is 0 Å². The number of aryl methyl sites for hydroxylation is 1. The first-order valence-corrected chi connectivity index (χ1v) is 7.03. The summed E-state index contributed by atoms with van der Waals surface area (Å²) in [6.07, 6.45) is 1.98. The Labute approximate surface area is 125 Å². The van der Waals surface area contributed by atoms with Crippen LogP contribution < -0.4 is 5.32 Å². The maximum atomic E-state index is 6.01. The molecule has 0 aliphatic rings. The van der Waals surface area contributed by atoms with Gasteiger partial charge in [-0.2, -0.15) is 0 Å². The SMILES string of the molecule is COCCNc1nc(C)cn1-c1ccc(Cl)c(Br)c1. The van der Waals surface area contributed by atoms with E-state index in [0.717, 1.165) is 21.8 Å². The molecule has 2 rings (SSSR count). The number of benzene rings is 1. The first-order valence-electron chi connectivity index (χ1n) is 5.86. The van der Waals surface area contributed by atoms with E-state index in [1.165, 1.54) is 0 Å². The molecule has 0 amide bonds. The normalized spacial score (nSPS) is 10.7. The van der Waals surface area contributed by atoms with Crippen molar-refractivity contribution in [3.05, 3.63) is 39.6 Å². The summed E-state index contributed by atoms with van der Waals surface area (Å²) in [7, 11) is 1.68. The van der Waals surface area contributed by atoms with Gasteiger partial charge in [0.15, 0.2) is 0 Å². The highest BCUT2D eigenvalue weighted by Crippen LogP contribution is 2.26. The van der Waals surface area contributed by atoms with E-state index < -0.39 is 0 Å². The number of halogens is 2. The van der Waals surface area contributed by atoms with E-state index >= 15 is 0 Å². The van der Waals surface area contributed by atoms with Crippen molar-refractivity contribution in [2.45, 2.75) is 6.92 Å². The first-order chi connectivity index (χ1) is 9.11. The van der Waals surface area contributed by atoms with Crippen LogP contribution in [0.1, 0.15) is 5.69 Å². The molecule has 0 saturated carbocycles. The van der Waals surface area contributed by atoms with E-state index in [9.17, 15) is 0 Å². The van der Waals surface area contributed by atoms with Crippen LogP contribution >= 0.6 is 27.5 Å². The lowest BCUT2D eigenvalue weighted by Gasteiger charge is -2.10. The Bertz CT molecular complexity index is 571. The molecule has 19 heavy (non-hydrogen) atoms. The fourth-order valence-electron chi connectivity index (χ4n) is 1.72. The maximum Gasteiger partial charge on any atom is 0.207 e. The maximum absolute atomic E-state index is 6.01. The zero-order valence-electron chi connectivity index (χ0n) is 10.8. The molecule has 0 spiro atoms.